The van der Waals surface area contributed by atoms with Crippen LogP contribution < -0.4 is 5.32 Å². The summed E-state index contributed by atoms with van der Waals surface area (Å²) in [6, 6.07) is 1.97. The lowest BCUT2D eigenvalue weighted by Crippen LogP contribution is -2.48. The van der Waals surface area contributed by atoms with E-state index >= 15 is 0 Å². The third-order valence-electron chi connectivity index (χ3n) is 4.48. The summed E-state index contributed by atoms with van der Waals surface area (Å²) in [5.41, 5.74) is 0. The first kappa shape index (κ1) is 13.9. The summed E-state index contributed by atoms with van der Waals surface area (Å²) in [5, 5.41) is 15.9. The second-order valence-corrected chi connectivity index (χ2v) is 6.03. The van der Waals surface area contributed by atoms with Crippen LogP contribution in [0.4, 0.5) is 10.6 Å². The predicted octanol–water partition coefficient (Wildman–Crippen LogP) is 1.67. The van der Waals surface area contributed by atoms with Crippen molar-refractivity contribution in [2.45, 2.75) is 44.2 Å². The van der Waals surface area contributed by atoms with Gasteiger partial charge in [-0.1, -0.05) is 0 Å². The van der Waals surface area contributed by atoms with E-state index in [-0.39, 0.29) is 30.5 Å². The molecule has 0 aromatic carbocycles. The number of aryl methyl sites for hydroxylation is 1. The average Bonchev–Trinajstić information content (AvgIpc) is 2.91. The lowest BCUT2D eigenvalue weighted by atomic mass is 9.88. The molecule has 0 spiro atoms. The molecule has 1 aromatic heterocycles. The maximum Gasteiger partial charge on any atom is 0.323 e. The van der Waals surface area contributed by atoms with Crippen molar-refractivity contribution in [2.75, 3.05) is 5.32 Å². The quantitative estimate of drug-likeness (QED) is 0.887. The van der Waals surface area contributed by atoms with E-state index in [4.69, 9.17) is 5.11 Å². The number of anilines is 1. The molecule has 7 heteroatoms. The molecule has 2 unspecified atom stereocenters. The van der Waals surface area contributed by atoms with Crippen molar-refractivity contribution >= 4 is 17.8 Å². The van der Waals surface area contributed by atoms with Crippen molar-refractivity contribution in [3.05, 3.63) is 12.3 Å². The minimum Gasteiger partial charge on any atom is -0.481 e. The number of carbonyl (C=O) groups excluding carboxylic acids is 1. The molecule has 2 N–H and O–H groups in total. The van der Waals surface area contributed by atoms with Gasteiger partial charge in [0.1, 0.15) is 0 Å². The molecule has 2 atom stereocenters. The van der Waals surface area contributed by atoms with Gasteiger partial charge in [0.2, 0.25) is 0 Å². The van der Waals surface area contributed by atoms with Crippen LogP contribution in [0.15, 0.2) is 12.3 Å². The van der Waals surface area contributed by atoms with Gasteiger partial charge in [0.15, 0.2) is 5.82 Å². The highest BCUT2D eigenvalue weighted by Gasteiger charge is 2.43. The molecule has 2 saturated heterocycles. The molecule has 21 heavy (non-hydrogen) atoms. The molecule has 2 fully saturated rings. The van der Waals surface area contributed by atoms with E-state index in [1.165, 1.54) is 0 Å². The number of rotatable bonds is 3. The molecule has 114 valence electrons. The van der Waals surface area contributed by atoms with E-state index in [0.717, 1.165) is 25.7 Å². The largest absolute Gasteiger partial charge is 0.481 e. The van der Waals surface area contributed by atoms with Gasteiger partial charge in [-0.15, -0.1) is 0 Å². The van der Waals surface area contributed by atoms with Crippen LogP contribution in [-0.4, -0.2) is 43.9 Å². The fraction of sp³-hybridized carbons (Fsp3) is 0.643. The van der Waals surface area contributed by atoms with Crippen LogP contribution in [0.1, 0.15) is 32.1 Å². The molecular weight excluding hydrogens is 272 g/mol. The number of nitrogens with one attached hydrogen (secondary N) is 1. The number of carbonyl (C=O) groups is 2. The van der Waals surface area contributed by atoms with E-state index in [1.54, 1.807) is 24.0 Å². The number of carboxylic acids is 1. The van der Waals surface area contributed by atoms with E-state index < -0.39 is 5.97 Å². The zero-order valence-electron chi connectivity index (χ0n) is 12.0. The second kappa shape index (κ2) is 5.38. The Morgan fingerprint density at radius 2 is 2.05 bits per heavy atom. The van der Waals surface area contributed by atoms with Crippen LogP contribution in [-0.2, 0) is 11.8 Å². The molecule has 2 aliphatic rings. The first-order chi connectivity index (χ1) is 10.0. The van der Waals surface area contributed by atoms with E-state index in [0.29, 0.717) is 5.82 Å². The molecule has 0 saturated carbocycles. The molecule has 2 aliphatic heterocycles. The van der Waals surface area contributed by atoms with Gasteiger partial charge in [-0.3, -0.25) is 14.8 Å². The smallest absolute Gasteiger partial charge is 0.323 e. The fourth-order valence-electron chi connectivity index (χ4n) is 3.69. The third kappa shape index (κ3) is 2.86. The lowest BCUT2D eigenvalue weighted by molar-refractivity contribution is -0.138. The Morgan fingerprint density at radius 3 is 2.57 bits per heavy atom. The van der Waals surface area contributed by atoms with Gasteiger partial charge < -0.3 is 10.0 Å². The molecule has 7 nitrogen and oxygen atoms in total. The Bertz CT molecular complexity index is 542. The summed E-state index contributed by atoms with van der Waals surface area (Å²) in [7, 11) is 1.80. The van der Waals surface area contributed by atoms with E-state index in [2.05, 4.69) is 10.4 Å². The highest BCUT2D eigenvalue weighted by molar-refractivity contribution is 5.89. The molecule has 3 rings (SSSR count). The summed E-state index contributed by atoms with van der Waals surface area (Å²) >= 11 is 0. The Morgan fingerprint density at radius 1 is 1.38 bits per heavy atom. The second-order valence-electron chi connectivity index (χ2n) is 6.03. The molecule has 1 aromatic rings. The molecule has 0 radical (unpaired) electrons. The predicted molar refractivity (Wildman–Crippen MR) is 75.9 cm³/mol. The number of fused-ring (bicyclic) bond motifs is 2. The monoisotopic (exact) mass is 292 g/mol. The summed E-state index contributed by atoms with van der Waals surface area (Å²) in [5.74, 6) is -0.000697. The molecule has 2 bridgehead atoms. The number of hydrogen-bond donors (Lipinski definition) is 2. The first-order valence-corrected chi connectivity index (χ1v) is 7.33. The lowest BCUT2D eigenvalue weighted by Gasteiger charge is -2.38. The van der Waals surface area contributed by atoms with Gasteiger partial charge in [-0.25, -0.2) is 4.79 Å². The standard InChI is InChI=1S/C14H20N4O3/c1-17-5-4-12(16-17)15-14(21)18-10-2-3-11(18)7-9(6-10)8-13(19)20/h4-5,9-11H,2-3,6-8H2,1H3,(H,19,20)(H,15,16,21). The van der Waals surface area contributed by atoms with Crippen LogP contribution in [0, 0.1) is 5.92 Å². The van der Waals surface area contributed by atoms with Crippen molar-refractivity contribution < 1.29 is 14.7 Å². The number of amides is 2. The van der Waals surface area contributed by atoms with Gasteiger partial charge in [-0.05, 0) is 31.6 Å². The fourth-order valence-corrected chi connectivity index (χ4v) is 3.69. The van der Waals surface area contributed by atoms with Crippen molar-refractivity contribution in [1.82, 2.24) is 14.7 Å². The Labute approximate surface area is 122 Å². The number of aliphatic carboxylic acids is 1. The minimum atomic E-state index is -0.745. The number of urea groups is 1. The Hall–Kier alpha value is -2.05. The van der Waals surface area contributed by atoms with Crippen LogP contribution in [0.2, 0.25) is 0 Å². The number of piperidine rings is 1. The van der Waals surface area contributed by atoms with Crippen LogP contribution in [0.5, 0.6) is 0 Å². The van der Waals surface area contributed by atoms with Gasteiger partial charge >= 0.3 is 12.0 Å². The van der Waals surface area contributed by atoms with Gasteiger partial charge in [0.05, 0.1) is 0 Å². The average molecular weight is 292 g/mol. The summed E-state index contributed by atoms with van der Waals surface area (Å²) in [6.07, 6.45) is 5.51. The SMILES string of the molecule is Cn1ccc(NC(=O)N2C3CCC2CC(CC(=O)O)C3)n1. The van der Waals surface area contributed by atoms with E-state index in [1.807, 2.05) is 4.90 Å². The maximum atomic E-state index is 12.4. The van der Waals surface area contributed by atoms with Crippen molar-refractivity contribution in [3.8, 4) is 0 Å². The highest BCUT2D eigenvalue weighted by atomic mass is 16.4. The summed E-state index contributed by atoms with van der Waals surface area (Å²) in [4.78, 5) is 25.2. The van der Waals surface area contributed by atoms with Gasteiger partial charge in [0.25, 0.3) is 0 Å². The summed E-state index contributed by atoms with van der Waals surface area (Å²) < 4.78 is 1.64. The zero-order valence-corrected chi connectivity index (χ0v) is 12.0. The Balaban J connectivity index is 1.64. The zero-order chi connectivity index (χ0) is 15.0. The van der Waals surface area contributed by atoms with Crippen molar-refractivity contribution in [1.29, 1.82) is 0 Å². The van der Waals surface area contributed by atoms with Crippen LogP contribution in [0.25, 0.3) is 0 Å². The van der Waals surface area contributed by atoms with Crippen LogP contribution in [0.3, 0.4) is 0 Å². The number of carboxylic acid groups (broad SMARTS) is 1. The van der Waals surface area contributed by atoms with Crippen molar-refractivity contribution in [3.63, 3.8) is 0 Å². The van der Waals surface area contributed by atoms with Crippen molar-refractivity contribution in [2.24, 2.45) is 13.0 Å². The number of nitrogens with zero attached hydrogens (tertiary/aromatic N) is 3. The molecule has 0 aliphatic carbocycles. The van der Waals surface area contributed by atoms with Gasteiger partial charge in [0, 0.05) is 37.8 Å². The molecule has 3 heterocycles. The maximum absolute atomic E-state index is 12.4. The summed E-state index contributed by atoms with van der Waals surface area (Å²) in [6.45, 7) is 0. The Kier molecular flexibility index (Phi) is 3.57. The normalized spacial score (nSPS) is 27.7. The number of aromatic nitrogens is 2. The molecular formula is C14H20N4O3. The van der Waals surface area contributed by atoms with Crippen LogP contribution >= 0.6 is 0 Å². The minimum absolute atomic E-state index is 0.116. The molecule has 2 amide bonds. The number of hydrogen-bond acceptors (Lipinski definition) is 3. The first-order valence-electron chi connectivity index (χ1n) is 7.33. The van der Waals surface area contributed by atoms with Gasteiger partial charge in [-0.2, -0.15) is 5.10 Å². The highest BCUT2D eigenvalue weighted by Crippen LogP contribution is 2.40. The third-order valence-corrected chi connectivity index (χ3v) is 4.48. The topological polar surface area (TPSA) is 87.5 Å². The van der Waals surface area contributed by atoms with E-state index in [9.17, 15) is 9.59 Å².